The third kappa shape index (κ3) is 1.26. The largest absolute Gasteiger partial charge is 0.454 e. The van der Waals surface area contributed by atoms with Crippen molar-refractivity contribution in [3.8, 4) is 22.9 Å². The second kappa shape index (κ2) is 3.02. The quantitative estimate of drug-likeness (QED) is 0.707. The van der Waals surface area contributed by atoms with Crippen molar-refractivity contribution in [1.82, 2.24) is 9.55 Å². The monoisotopic (exact) mass is 202 g/mol. The Labute approximate surface area is 87.1 Å². The predicted octanol–water partition coefficient (Wildman–Crippen LogP) is 1.82. The van der Waals surface area contributed by atoms with Gasteiger partial charge in [0.15, 0.2) is 11.5 Å². The van der Waals surface area contributed by atoms with E-state index >= 15 is 0 Å². The van der Waals surface area contributed by atoms with E-state index in [0.29, 0.717) is 6.79 Å². The zero-order valence-electron chi connectivity index (χ0n) is 8.30. The van der Waals surface area contributed by atoms with Crippen LogP contribution in [0, 0.1) is 0 Å². The maximum atomic E-state index is 5.32. The fourth-order valence-electron chi connectivity index (χ4n) is 1.68. The standard InChI is InChI=1S/C11H10N2O2/c1-13-5-4-12-11(13)8-2-3-9-10(6-8)15-7-14-9/h2-6H,7H2,1H3. The highest BCUT2D eigenvalue weighted by Gasteiger charge is 2.14. The summed E-state index contributed by atoms with van der Waals surface area (Å²) in [4.78, 5) is 4.28. The zero-order valence-corrected chi connectivity index (χ0v) is 8.30. The van der Waals surface area contributed by atoms with Crippen LogP contribution in [0.2, 0.25) is 0 Å². The highest BCUT2D eigenvalue weighted by Crippen LogP contribution is 2.35. The summed E-state index contributed by atoms with van der Waals surface area (Å²) < 4.78 is 12.5. The fourth-order valence-corrected chi connectivity index (χ4v) is 1.68. The second-order valence-electron chi connectivity index (χ2n) is 3.43. The maximum absolute atomic E-state index is 5.32. The molecule has 2 aromatic rings. The molecule has 0 bridgehead atoms. The molecule has 15 heavy (non-hydrogen) atoms. The van der Waals surface area contributed by atoms with E-state index in [4.69, 9.17) is 9.47 Å². The molecule has 0 N–H and O–H groups in total. The number of hydrogen-bond acceptors (Lipinski definition) is 3. The van der Waals surface area contributed by atoms with Crippen molar-refractivity contribution in [3.05, 3.63) is 30.6 Å². The minimum Gasteiger partial charge on any atom is -0.454 e. The smallest absolute Gasteiger partial charge is 0.231 e. The molecule has 0 fully saturated rings. The summed E-state index contributed by atoms with van der Waals surface area (Å²) in [6, 6.07) is 5.84. The second-order valence-corrected chi connectivity index (χ2v) is 3.43. The number of fused-ring (bicyclic) bond motifs is 1. The summed E-state index contributed by atoms with van der Waals surface area (Å²) in [5.41, 5.74) is 1.03. The predicted molar refractivity (Wildman–Crippen MR) is 54.8 cm³/mol. The minimum absolute atomic E-state index is 0.305. The van der Waals surface area contributed by atoms with Crippen molar-refractivity contribution in [2.45, 2.75) is 0 Å². The van der Waals surface area contributed by atoms with Crippen LogP contribution in [-0.2, 0) is 7.05 Å². The van der Waals surface area contributed by atoms with Crippen LogP contribution in [0.3, 0.4) is 0 Å². The van der Waals surface area contributed by atoms with Gasteiger partial charge in [-0.05, 0) is 18.2 Å². The van der Waals surface area contributed by atoms with Gasteiger partial charge in [-0.15, -0.1) is 0 Å². The Morgan fingerprint density at radius 1 is 1.27 bits per heavy atom. The number of benzene rings is 1. The molecule has 1 aromatic carbocycles. The van der Waals surface area contributed by atoms with E-state index in [1.807, 2.05) is 36.0 Å². The van der Waals surface area contributed by atoms with Gasteiger partial charge in [-0.25, -0.2) is 4.98 Å². The SMILES string of the molecule is Cn1ccnc1-c1ccc2c(c1)OCO2. The van der Waals surface area contributed by atoms with Gasteiger partial charge in [-0.1, -0.05) is 0 Å². The first kappa shape index (κ1) is 8.35. The normalized spacial score (nSPS) is 13.1. The molecule has 0 aliphatic carbocycles. The van der Waals surface area contributed by atoms with Gasteiger partial charge in [0.2, 0.25) is 6.79 Å². The lowest BCUT2D eigenvalue weighted by atomic mass is 10.2. The Balaban J connectivity index is 2.11. The molecule has 0 atom stereocenters. The van der Waals surface area contributed by atoms with Crippen LogP contribution < -0.4 is 9.47 Å². The van der Waals surface area contributed by atoms with Gasteiger partial charge in [0.25, 0.3) is 0 Å². The van der Waals surface area contributed by atoms with Crippen molar-refractivity contribution in [1.29, 1.82) is 0 Å². The third-order valence-electron chi connectivity index (χ3n) is 2.45. The first-order valence-electron chi connectivity index (χ1n) is 4.72. The van der Waals surface area contributed by atoms with Gasteiger partial charge in [-0.3, -0.25) is 0 Å². The molecule has 0 spiro atoms. The van der Waals surface area contributed by atoms with E-state index < -0.39 is 0 Å². The van der Waals surface area contributed by atoms with Crippen molar-refractivity contribution >= 4 is 0 Å². The van der Waals surface area contributed by atoms with Crippen LogP contribution in [-0.4, -0.2) is 16.3 Å². The molecule has 3 rings (SSSR count). The van der Waals surface area contributed by atoms with Crippen LogP contribution in [0.4, 0.5) is 0 Å². The summed E-state index contributed by atoms with van der Waals surface area (Å²) >= 11 is 0. The first-order chi connectivity index (χ1) is 7.34. The molecule has 1 aromatic heterocycles. The highest BCUT2D eigenvalue weighted by molar-refractivity contribution is 5.61. The van der Waals surface area contributed by atoms with Crippen LogP contribution in [0.15, 0.2) is 30.6 Å². The lowest BCUT2D eigenvalue weighted by Gasteiger charge is -2.02. The van der Waals surface area contributed by atoms with Crippen LogP contribution in [0.1, 0.15) is 0 Å². The molecule has 0 saturated heterocycles. The summed E-state index contributed by atoms with van der Waals surface area (Å²) in [5.74, 6) is 2.51. The van der Waals surface area contributed by atoms with Crippen molar-refractivity contribution in [2.75, 3.05) is 6.79 Å². The molecule has 4 heteroatoms. The highest BCUT2D eigenvalue weighted by atomic mass is 16.7. The molecule has 0 saturated carbocycles. The van der Waals surface area contributed by atoms with E-state index in [0.717, 1.165) is 22.9 Å². The molecular formula is C11H10N2O2. The molecule has 1 aliphatic heterocycles. The number of aryl methyl sites for hydroxylation is 1. The summed E-state index contributed by atoms with van der Waals surface area (Å²) in [7, 11) is 1.97. The fraction of sp³-hybridized carbons (Fsp3) is 0.182. The number of imidazole rings is 1. The van der Waals surface area contributed by atoms with Gasteiger partial charge >= 0.3 is 0 Å². The molecular weight excluding hydrogens is 192 g/mol. The summed E-state index contributed by atoms with van der Waals surface area (Å²) in [5, 5.41) is 0. The van der Waals surface area contributed by atoms with Gasteiger partial charge in [0.1, 0.15) is 5.82 Å². The lowest BCUT2D eigenvalue weighted by Crippen LogP contribution is -1.93. The summed E-state index contributed by atoms with van der Waals surface area (Å²) in [6.07, 6.45) is 3.69. The Hall–Kier alpha value is -1.97. The van der Waals surface area contributed by atoms with Gasteiger partial charge < -0.3 is 14.0 Å². The van der Waals surface area contributed by atoms with Gasteiger partial charge in [-0.2, -0.15) is 0 Å². The molecule has 76 valence electrons. The Morgan fingerprint density at radius 2 is 2.13 bits per heavy atom. The van der Waals surface area contributed by atoms with Crippen LogP contribution in [0.5, 0.6) is 11.5 Å². The topological polar surface area (TPSA) is 36.3 Å². The maximum Gasteiger partial charge on any atom is 0.231 e. The van der Waals surface area contributed by atoms with Gasteiger partial charge in [0.05, 0.1) is 0 Å². The number of ether oxygens (including phenoxy) is 2. The van der Waals surface area contributed by atoms with E-state index in [-0.39, 0.29) is 0 Å². The van der Waals surface area contributed by atoms with E-state index in [1.54, 1.807) is 6.20 Å². The molecule has 0 amide bonds. The van der Waals surface area contributed by atoms with Crippen LogP contribution in [0.25, 0.3) is 11.4 Å². The average Bonchev–Trinajstić information content (AvgIpc) is 2.84. The molecule has 4 nitrogen and oxygen atoms in total. The van der Waals surface area contributed by atoms with Crippen molar-refractivity contribution in [3.63, 3.8) is 0 Å². The van der Waals surface area contributed by atoms with Gasteiger partial charge in [0, 0.05) is 25.0 Å². The first-order valence-corrected chi connectivity index (χ1v) is 4.72. The molecule has 0 radical (unpaired) electrons. The minimum atomic E-state index is 0.305. The number of hydrogen-bond donors (Lipinski definition) is 0. The van der Waals surface area contributed by atoms with Crippen molar-refractivity contribution < 1.29 is 9.47 Å². The Morgan fingerprint density at radius 3 is 2.93 bits per heavy atom. The Kier molecular flexibility index (Phi) is 1.68. The molecule has 0 unspecified atom stereocenters. The van der Waals surface area contributed by atoms with E-state index in [1.165, 1.54) is 0 Å². The number of rotatable bonds is 1. The molecule has 1 aliphatic rings. The Bertz CT molecular complexity index is 505. The summed E-state index contributed by atoms with van der Waals surface area (Å²) in [6.45, 7) is 0.305. The number of nitrogens with zero attached hydrogens (tertiary/aromatic N) is 2. The third-order valence-corrected chi connectivity index (χ3v) is 2.45. The van der Waals surface area contributed by atoms with E-state index in [9.17, 15) is 0 Å². The molecule has 2 heterocycles. The van der Waals surface area contributed by atoms with Crippen molar-refractivity contribution in [2.24, 2.45) is 7.05 Å². The number of aromatic nitrogens is 2. The zero-order chi connectivity index (χ0) is 10.3. The lowest BCUT2D eigenvalue weighted by molar-refractivity contribution is 0.174. The van der Waals surface area contributed by atoms with Crippen LogP contribution >= 0.6 is 0 Å². The van der Waals surface area contributed by atoms with E-state index in [2.05, 4.69) is 4.98 Å². The average molecular weight is 202 g/mol.